The number of benzene rings is 1. The van der Waals surface area contributed by atoms with Crippen molar-refractivity contribution in [2.45, 2.75) is 13.3 Å². The highest BCUT2D eigenvalue weighted by molar-refractivity contribution is 5.93. The molecular weight excluding hydrogens is 422 g/mol. The van der Waals surface area contributed by atoms with Gasteiger partial charge < -0.3 is 14.8 Å². The molecule has 0 aliphatic carbocycles. The highest BCUT2D eigenvalue weighted by Gasteiger charge is 2.33. The van der Waals surface area contributed by atoms with Gasteiger partial charge in [0.15, 0.2) is 0 Å². The number of carbonyl (C=O) groups is 2. The van der Waals surface area contributed by atoms with Gasteiger partial charge in [0.25, 0.3) is 11.5 Å². The second-order valence-corrected chi connectivity index (χ2v) is 7.97. The summed E-state index contributed by atoms with van der Waals surface area (Å²) in [5.74, 6) is -0.967. The molecule has 9 heteroatoms. The van der Waals surface area contributed by atoms with Gasteiger partial charge in [-0.1, -0.05) is 30.3 Å². The Morgan fingerprint density at radius 3 is 2.64 bits per heavy atom. The molecule has 0 radical (unpaired) electrons. The van der Waals surface area contributed by atoms with Crippen LogP contribution in [0.4, 0.5) is 0 Å². The number of hydrogen-bond donors (Lipinski definition) is 2. The number of pyridine rings is 1. The first-order valence-electron chi connectivity index (χ1n) is 10.9. The first-order valence-corrected chi connectivity index (χ1v) is 10.9. The average molecular weight is 447 g/mol. The lowest BCUT2D eigenvalue weighted by Crippen LogP contribution is -2.39. The Kier molecular flexibility index (Phi) is 6.48. The normalized spacial score (nSPS) is 16.5. The van der Waals surface area contributed by atoms with Crippen LogP contribution < -0.4 is 11.2 Å². The number of amides is 2. The van der Waals surface area contributed by atoms with Crippen molar-refractivity contribution in [1.29, 1.82) is 0 Å². The standard InChI is InChI=1S/C24H25N5O4/c1-2-28-10-11-29(23(32)20-13-21(30)27-24(33)26-20)15-18(22(28)31)12-16-6-3-4-8-19(16)17-7-5-9-25-14-17/h3-9,13-14,18H,2,10-12,15H2,1H3,(H2,26,27,30,33). The fraction of sp³-hybridized carbons (Fsp3) is 0.292. The molecule has 1 aliphatic rings. The van der Waals surface area contributed by atoms with Crippen molar-refractivity contribution in [3.63, 3.8) is 0 Å². The van der Waals surface area contributed by atoms with E-state index in [9.17, 15) is 19.2 Å². The van der Waals surface area contributed by atoms with Gasteiger partial charge in [0.2, 0.25) is 5.91 Å². The van der Waals surface area contributed by atoms with Gasteiger partial charge in [0.1, 0.15) is 5.69 Å². The van der Waals surface area contributed by atoms with E-state index < -0.39 is 23.1 Å². The molecule has 3 aromatic rings. The topological polar surface area (TPSA) is 119 Å². The maximum absolute atomic E-state index is 13.3. The van der Waals surface area contributed by atoms with E-state index in [2.05, 4.69) is 15.0 Å². The Balaban J connectivity index is 1.65. The number of aromatic amines is 2. The van der Waals surface area contributed by atoms with Crippen molar-refractivity contribution in [3.05, 3.63) is 87.0 Å². The summed E-state index contributed by atoms with van der Waals surface area (Å²) < 4.78 is 0. The summed E-state index contributed by atoms with van der Waals surface area (Å²) in [6.45, 7) is 3.32. The summed E-state index contributed by atoms with van der Waals surface area (Å²) in [6.07, 6.45) is 3.93. The molecule has 2 aromatic heterocycles. The molecule has 0 saturated carbocycles. The molecule has 1 unspecified atom stereocenters. The number of H-pyrrole nitrogens is 2. The number of rotatable bonds is 5. The third kappa shape index (κ3) is 4.92. The van der Waals surface area contributed by atoms with Crippen LogP contribution in [-0.2, 0) is 11.2 Å². The minimum Gasteiger partial charge on any atom is -0.341 e. The zero-order valence-corrected chi connectivity index (χ0v) is 18.3. The zero-order chi connectivity index (χ0) is 23.4. The van der Waals surface area contributed by atoms with E-state index in [4.69, 9.17) is 0 Å². The predicted octanol–water partition coefficient (Wildman–Crippen LogP) is 1.29. The third-order valence-electron chi connectivity index (χ3n) is 5.86. The summed E-state index contributed by atoms with van der Waals surface area (Å²) in [5, 5.41) is 0. The van der Waals surface area contributed by atoms with E-state index in [-0.39, 0.29) is 18.1 Å². The molecule has 1 aromatic carbocycles. The molecule has 0 bridgehead atoms. The average Bonchev–Trinajstić information content (AvgIpc) is 2.97. The minimum atomic E-state index is -0.742. The molecule has 1 atom stereocenters. The number of nitrogens with one attached hydrogen (secondary N) is 2. The molecule has 0 spiro atoms. The molecule has 9 nitrogen and oxygen atoms in total. The largest absolute Gasteiger partial charge is 0.341 e. The summed E-state index contributed by atoms with van der Waals surface area (Å²) in [5.41, 5.74) is 1.45. The fourth-order valence-corrected chi connectivity index (χ4v) is 4.22. The number of aromatic nitrogens is 3. The van der Waals surface area contributed by atoms with Gasteiger partial charge in [0.05, 0.1) is 5.92 Å². The summed E-state index contributed by atoms with van der Waals surface area (Å²) in [7, 11) is 0. The van der Waals surface area contributed by atoms with Gasteiger partial charge in [-0.2, -0.15) is 0 Å². The van der Waals surface area contributed by atoms with E-state index >= 15 is 0 Å². The van der Waals surface area contributed by atoms with Gasteiger partial charge in [0, 0.05) is 50.2 Å². The van der Waals surface area contributed by atoms with Crippen LogP contribution in [-0.4, -0.2) is 62.7 Å². The van der Waals surface area contributed by atoms with E-state index in [1.54, 1.807) is 17.3 Å². The Morgan fingerprint density at radius 2 is 1.91 bits per heavy atom. The molecule has 2 amide bonds. The molecule has 3 heterocycles. The van der Waals surface area contributed by atoms with Gasteiger partial charge in [-0.15, -0.1) is 0 Å². The minimum absolute atomic E-state index is 0.0202. The van der Waals surface area contributed by atoms with Crippen molar-refractivity contribution >= 4 is 11.8 Å². The number of likely N-dealkylation sites (N-methyl/N-ethyl adjacent to an activating group) is 1. The smallest absolute Gasteiger partial charge is 0.326 e. The first kappa shape index (κ1) is 22.2. The van der Waals surface area contributed by atoms with Crippen LogP contribution in [0.1, 0.15) is 23.0 Å². The molecule has 2 N–H and O–H groups in total. The van der Waals surface area contributed by atoms with E-state index in [1.165, 1.54) is 4.90 Å². The Bertz CT molecular complexity index is 1240. The van der Waals surface area contributed by atoms with Gasteiger partial charge in [-0.25, -0.2) is 4.79 Å². The quantitative estimate of drug-likeness (QED) is 0.611. The Labute approximate surface area is 190 Å². The monoisotopic (exact) mass is 447 g/mol. The second-order valence-electron chi connectivity index (χ2n) is 7.97. The van der Waals surface area contributed by atoms with E-state index in [0.717, 1.165) is 22.8 Å². The lowest BCUT2D eigenvalue weighted by Gasteiger charge is -2.24. The highest BCUT2D eigenvalue weighted by atomic mass is 16.2. The number of hydrogen-bond acceptors (Lipinski definition) is 5. The molecule has 1 saturated heterocycles. The van der Waals surface area contributed by atoms with Crippen molar-refractivity contribution in [2.24, 2.45) is 5.92 Å². The molecule has 33 heavy (non-hydrogen) atoms. The predicted molar refractivity (Wildman–Crippen MR) is 123 cm³/mol. The molecule has 4 rings (SSSR count). The summed E-state index contributed by atoms with van der Waals surface area (Å²) in [4.78, 5) is 61.7. The van der Waals surface area contributed by atoms with Gasteiger partial charge in [-0.3, -0.25) is 24.4 Å². The zero-order valence-electron chi connectivity index (χ0n) is 18.3. The second kappa shape index (κ2) is 9.64. The van der Waals surface area contributed by atoms with Crippen LogP contribution in [0.15, 0.2) is 64.4 Å². The van der Waals surface area contributed by atoms with Crippen LogP contribution in [0.2, 0.25) is 0 Å². The Hall–Kier alpha value is -4.01. The molecule has 170 valence electrons. The summed E-state index contributed by atoms with van der Waals surface area (Å²) >= 11 is 0. The fourth-order valence-electron chi connectivity index (χ4n) is 4.22. The maximum Gasteiger partial charge on any atom is 0.326 e. The third-order valence-corrected chi connectivity index (χ3v) is 5.86. The van der Waals surface area contributed by atoms with Crippen molar-refractivity contribution < 1.29 is 9.59 Å². The number of carbonyl (C=O) groups excluding carboxylic acids is 2. The van der Waals surface area contributed by atoms with Crippen molar-refractivity contribution in [3.8, 4) is 11.1 Å². The first-order chi connectivity index (χ1) is 16.0. The Morgan fingerprint density at radius 1 is 1.09 bits per heavy atom. The lowest BCUT2D eigenvalue weighted by molar-refractivity contribution is -0.134. The van der Waals surface area contributed by atoms with E-state index in [0.29, 0.717) is 26.1 Å². The lowest BCUT2D eigenvalue weighted by atomic mass is 9.91. The van der Waals surface area contributed by atoms with Crippen molar-refractivity contribution in [2.75, 3.05) is 26.2 Å². The van der Waals surface area contributed by atoms with Crippen LogP contribution in [0.3, 0.4) is 0 Å². The number of nitrogens with zero attached hydrogens (tertiary/aromatic N) is 3. The summed E-state index contributed by atoms with van der Waals surface area (Å²) in [6, 6.07) is 12.8. The SMILES string of the molecule is CCN1CCN(C(=O)c2cc(=O)[nH]c(=O)[nH]2)CC(Cc2ccccc2-c2cccnc2)C1=O. The van der Waals surface area contributed by atoms with Crippen molar-refractivity contribution in [1.82, 2.24) is 24.8 Å². The highest BCUT2D eigenvalue weighted by Crippen LogP contribution is 2.27. The van der Waals surface area contributed by atoms with E-state index in [1.807, 2.05) is 43.3 Å². The van der Waals surface area contributed by atoms with Crippen LogP contribution >= 0.6 is 0 Å². The van der Waals surface area contributed by atoms with Crippen LogP contribution in [0.25, 0.3) is 11.1 Å². The molecular formula is C24H25N5O4. The van der Waals surface area contributed by atoms with Crippen LogP contribution in [0, 0.1) is 5.92 Å². The van der Waals surface area contributed by atoms with Gasteiger partial charge in [-0.05, 0) is 30.5 Å². The van der Waals surface area contributed by atoms with Gasteiger partial charge >= 0.3 is 5.69 Å². The molecule has 1 aliphatic heterocycles. The van der Waals surface area contributed by atoms with Crippen LogP contribution in [0.5, 0.6) is 0 Å². The maximum atomic E-state index is 13.3. The molecule has 1 fully saturated rings.